The van der Waals surface area contributed by atoms with Crippen molar-refractivity contribution in [2.75, 3.05) is 6.54 Å². The maximum atomic E-state index is 12.9. The lowest BCUT2D eigenvalue weighted by atomic mass is 9.82. The first kappa shape index (κ1) is 19.2. The molecule has 2 rings (SSSR count). The van der Waals surface area contributed by atoms with Gasteiger partial charge in [-0.2, -0.15) is 0 Å². The normalized spacial score (nSPS) is 18.4. The number of carbonyl (C=O) groups is 2. The molecule has 0 radical (unpaired) electrons. The van der Waals surface area contributed by atoms with Crippen LogP contribution in [0.15, 0.2) is 35.6 Å². The average molecular weight is 343 g/mol. The highest BCUT2D eigenvalue weighted by Crippen LogP contribution is 2.41. The minimum absolute atomic E-state index is 0.185. The van der Waals surface area contributed by atoms with E-state index in [-0.39, 0.29) is 11.4 Å². The molecule has 4 heteroatoms. The fourth-order valence-electron chi connectivity index (χ4n) is 3.17. The number of aliphatic hydroxyl groups excluding tert-OH is 1. The van der Waals surface area contributed by atoms with Crippen LogP contribution in [0.1, 0.15) is 71.0 Å². The van der Waals surface area contributed by atoms with Crippen LogP contribution >= 0.6 is 0 Å². The van der Waals surface area contributed by atoms with Crippen LogP contribution in [0, 0.1) is 5.41 Å². The van der Waals surface area contributed by atoms with Gasteiger partial charge in [-0.1, -0.05) is 65.8 Å². The monoisotopic (exact) mass is 343 g/mol. The Kier molecular flexibility index (Phi) is 5.40. The number of amides is 1. The molecule has 1 aliphatic heterocycles. The molecule has 0 saturated carbocycles. The summed E-state index contributed by atoms with van der Waals surface area (Å²) in [5.41, 5.74) is 1.63. The maximum absolute atomic E-state index is 12.9. The lowest BCUT2D eigenvalue weighted by Crippen LogP contribution is -2.33. The molecule has 0 bridgehead atoms. The van der Waals surface area contributed by atoms with Crippen molar-refractivity contribution in [2.45, 2.75) is 59.9 Å². The van der Waals surface area contributed by atoms with Crippen molar-refractivity contribution in [2.24, 2.45) is 5.41 Å². The van der Waals surface area contributed by atoms with Gasteiger partial charge in [-0.15, -0.1) is 0 Å². The summed E-state index contributed by atoms with van der Waals surface area (Å²) in [5.74, 6) is -0.626. The number of Topliss-reactive ketones (excluding diaryl/α,β-unsaturated/α-hetero) is 1. The number of hydrogen-bond donors (Lipinski definition) is 1. The number of nitrogens with zero attached hydrogens (tertiary/aromatic N) is 1. The third kappa shape index (κ3) is 3.63. The van der Waals surface area contributed by atoms with Crippen LogP contribution in [-0.2, 0) is 9.59 Å². The third-order valence-corrected chi connectivity index (χ3v) is 4.61. The smallest absolute Gasteiger partial charge is 0.290 e. The van der Waals surface area contributed by atoms with Crippen LogP contribution in [0.5, 0.6) is 0 Å². The molecule has 0 spiro atoms. The number of aliphatic hydroxyl groups is 1. The summed E-state index contributed by atoms with van der Waals surface area (Å²) in [4.78, 5) is 27.1. The summed E-state index contributed by atoms with van der Waals surface area (Å²) in [6, 6.07) is 7.47. The summed E-state index contributed by atoms with van der Waals surface area (Å²) in [5, 5.41) is 10.4. The van der Waals surface area contributed by atoms with Crippen LogP contribution in [-0.4, -0.2) is 28.2 Å². The second kappa shape index (κ2) is 7.03. The van der Waals surface area contributed by atoms with E-state index in [1.54, 1.807) is 4.90 Å². The first-order chi connectivity index (χ1) is 11.6. The predicted molar refractivity (Wildman–Crippen MR) is 99.4 cm³/mol. The molecule has 4 nitrogen and oxygen atoms in total. The molecule has 1 atom stereocenters. The lowest BCUT2D eigenvalue weighted by Gasteiger charge is -2.28. The standard InChI is InChI=1S/C21H29NO3/c1-7-12-22-17(15-10-8-14(9-11-15)13(2)3)16(18(23)20(22)25)19(24)21(4,5)6/h8-11,13,17,23H,7,12H2,1-6H3. The Bertz CT molecular complexity index is 693. The molecule has 1 aromatic rings. The van der Waals surface area contributed by atoms with Gasteiger partial charge < -0.3 is 10.0 Å². The van der Waals surface area contributed by atoms with E-state index in [9.17, 15) is 14.7 Å². The van der Waals surface area contributed by atoms with Gasteiger partial charge in [0.1, 0.15) is 0 Å². The molecule has 136 valence electrons. The van der Waals surface area contributed by atoms with Crippen LogP contribution in [0.4, 0.5) is 0 Å². The summed E-state index contributed by atoms with van der Waals surface area (Å²) in [6.45, 7) is 12.1. The molecule has 1 heterocycles. The number of rotatable bonds is 5. The Morgan fingerprint density at radius 3 is 2.20 bits per heavy atom. The second-order valence-corrected chi connectivity index (χ2v) is 8.06. The highest BCUT2D eigenvalue weighted by atomic mass is 16.3. The number of ketones is 1. The Hall–Kier alpha value is -2.10. The summed E-state index contributed by atoms with van der Waals surface area (Å²) in [7, 11) is 0. The largest absolute Gasteiger partial charge is 0.503 e. The molecule has 1 unspecified atom stereocenters. The van der Waals surface area contributed by atoms with E-state index in [0.29, 0.717) is 12.5 Å². The summed E-state index contributed by atoms with van der Waals surface area (Å²) in [6.07, 6.45) is 0.761. The molecule has 0 aliphatic carbocycles. The molecule has 1 aromatic carbocycles. The minimum atomic E-state index is -0.665. The zero-order chi connectivity index (χ0) is 18.9. The van der Waals surface area contributed by atoms with Crippen LogP contribution in [0.2, 0.25) is 0 Å². The van der Waals surface area contributed by atoms with Crippen molar-refractivity contribution >= 4 is 11.7 Å². The second-order valence-electron chi connectivity index (χ2n) is 8.06. The Labute approximate surface area is 150 Å². The van der Waals surface area contributed by atoms with Crippen molar-refractivity contribution in [3.8, 4) is 0 Å². The third-order valence-electron chi connectivity index (χ3n) is 4.61. The van der Waals surface area contributed by atoms with E-state index in [1.165, 1.54) is 5.56 Å². The first-order valence-electron chi connectivity index (χ1n) is 8.98. The van der Waals surface area contributed by atoms with Gasteiger partial charge in [-0.25, -0.2) is 0 Å². The molecule has 1 N–H and O–H groups in total. The van der Waals surface area contributed by atoms with Gasteiger partial charge in [-0.05, 0) is 23.5 Å². The Balaban J connectivity index is 2.54. The minimum Gasteiger partial charge on any atom is -0.503 e. The van der Waals surface area contributed by atoms with Gasteiger partial charge in [0.25, 0.3) is 5.91 Å². The average Bonchev–Trinajstić information content (AvgIpc) is 2.78. The molecule has 0 saturated heterocycles. The zero-order valence-electron chi connectivity index (χ0n) is 16.1. The van der Waals surface area contributed by atoms with E-state index in [0.717, 1.165) is 12.0 Å². The fraction of sp³-hybridized carbons (Fsp3) is 0.524. The lowest BCUT2D eigenvalue weighted by molar-refractivity contribution is -0.129. The van der Waals surface area contributed by atoms with Crippen molar-refractivity contribution in [3.63, 3.8) is 0 Å². The molecular formula is C21H29NO3. The molecule has 0 fully saturated rings. The van der Waals surface area contributed by atoms with Crippen molar-refractivity contribution < 1.29 is 14.7 Å². The summed E-state index contributed by atoms with van der Waals surface area (Å²) < 4.78 is 0. The van der Waals surface area contributed by atoms with Gasteiger partial charge >= 0.3 is 0 Å². The van der Waals surface area contributed by atoms with Crippen LogP contribution < -0.4 is 0 Å². The number of benzene rings is 1. The Morgan fingerprint density at radius 1 is 1.20 bits per heavy atom. The van der Waals surface area contributed by atoms with E-state index in [4.69, 9.17) is 0 Å². The maximum Gasteiger partial charge on any atom is 0.290 e. The van der Waals surface area contributed by atoms with E-state index >= 15 is 0 Å². The highest BCUT2D eigenvalue weighted by Gasteiger charge is 2.45. The van der Waals surface area contributed by atoms with Gasteiger partial charge in [0, 0.05) is 12.0 Å². The quantitative estimate of drug-likeness (QED) is 0.854. The number of carbonyl (C=O) groups excluding carboxylic acids is 2. The predicted octanol–water partition coefficient (Wildman–Crippen LogP) is 4.53. The van der Waals surface area contributed by atoms with Gasteiger partial charge in [0.2, 0.25) is 0 Å². The van der Waals surface area contributed by atoms with Crippen LogP contribution in [0.3, 0.4) is 0 Å². The molecule has 1 aliphatic rings. The van der Waals surface area contributed by atoms with Crippen LogP contribution in [0.25, 0.3) is 0 Å². The Morgan fingerprint density at radius 2 is 1.76 bits per heavy atom. The fourth-order valence-corrected chi connectivity index (χ4v) is 3.17. The zero-order valence-corrected chi connectivity index (χ0v) is 16.1. The molecular weight excluding hydrogens is 314 g/mol. The van der Waals surface area contributed by atoms with E-state index in [2.05, 4.69) is 13.8 Å². The molecule has 25 heavy (non-hydrogen) atoms. The first-order valence-corrected chi connectivity index (χ1v) is 8.98. The SMILES string of the molecule is CCCN1C(=O)C(O)=C(C(=O)C(C)(C)C)C1c1ccc(C(C)C)cc1. The van der Waals surface area contributed by atoms with Gasteiger partial charge in [-0.3, -0.25) is 9.59 Å². The van der Waals surface area contributed by atoms with Gasteiger partial charge in [0.15, 0.2) is 11.5 Å². The topological polar surface area (TPSA) is 57.6 Å². The van der Waals surface area contributed by atoms with E-state index in [1.807, 2.05) is 52.0 Å². The van der Waals surface area contributed by atoms with E-state index < -0.39 is 23.1 Å². The molecule has 0 aromatic heterocycles. The summed E-state index contributed by atoms with van der Waals surface area (Å²) >= 11 is 0. The highest BCUT2D eigenvalue weighted by molar-refractivity contribution is 6.10. The van der Waals surface area contributed by atoms with Crippen molar-refractivity contribution in [1.29, 1.82) is 0 Å². The molecule has 1 amide bonds. The van der Waals surface area contributed by atoms with Crippen molar-refractivity contribution in [1.82, 2.24) is 4.90 Å². The van der Waals surface area contributed by atoms with Gasteiger partial charge in [0.05, 0.1) is 11.6 Å². The number of hydrogen-bond acceptors (Lipinski definition) is 3. The van der Waals surface area contributed by atoms with Crippen molar-refractivity contribution in [3.05, 3.63) is 46.7 Å².